The first-order valence-electron chi connectivity index (χ1n) is 6.68. The Morgan fingerprint density at radius 3 is 3.11 bits per heavy atom. The largest absolute Gasteiger partial charge is 0.390 e. The molecule has 0 bridgehead atoms. The average Bonchev–Trinajstić information content (AvgIpc) is 2.75. The van der Waals surface area contributed by atoms with Crippen LogP contribution in [0.2, 0.25) is 0 Å². The summed E-state index contributed by atoms with van der Waals surface area (Å²) in [5.74, 6) is 0. The van der Waals surface area contributed by atoms with Gasteiger partial charge in [-0.1, -0.05) is 6.92 Å². The van der Waals surface area contributed by atoms with Crippen LogP contribution in [-0.4, -0.2) is 58.2 Å². The van der Waals surface area contributed by atoms with Crippen molar-refractivity contribution in [3.05, 3.63) is 18.0 Å². The molecule has 5 nitrogen and oxygen atoms in total. The van der Waals surface area contributed by atoms with Crippen molar-refractivity contribution in [3.63, 3.8) is 0 Å². The maximum absolute atomic E-state index is 10.2. The van der Waals surface area contributed by atoms with Gasteiger partial charge in [-0.05, 0) is 18.5 Å². The van der Waals surface area contributed by atoms with Gasteiger partial charge in [0.2, 0.25) is 0 Å². The SMILES string of the molecule is CCCN1CCOC(C(O)Cc2cnn(C)c2)C1. The van der Waals surface area contributed by atoms with E-state index in [1.165, 1.54) is 0 Å². The molecular weight excluding hydrogens is 230 g/mol. The lowest BCUT2D eigenvalue weighted by Gasteiger charge is -2.35. The van der Waals surface area contributed by atoms with Crippen molar-refractivity contribution in [1.82, 2.24) is 14.7 Å². The van der Waals surface area contributed by atoms with Gasteiger partial charge in [0.1, 0.15) is 0 Å². The minimum atomic E-state index is -0.450. The first-order chi connectivity index (χ1) is 8.69. The summed E-state index contributed by atoms with van der Waals surface area (Å²) in [6.45, 7) is 5.78. The van der Waals surface area contributed by atoms with E-state index >= 15 is 0 Å². The zero-order valence-electron chi connectivity index (χ0n) is 11.2. The lowest BCUT2D eigenvalue weighted by atomic mass is 10.1. The van der Waals surface area contributed by atoms with Gasteiger partial charge in [-0.2, -0.15) is 5.10 Å². The maximum atomic E-state index is 10.2. The van der Waals surface area contributed by atoms with Gasteiger partial charge in [0, 0.05) is 32.8 Å². The molecule has 0 aromatic carbocycles. The van der Waals surface area contributed by atoms with Crippen LogP contribution < -0.4 is 0 Å². The van der Waals surface area contributed by atoms with Gasteiger partial charge < -0.3 is 9.84 Å². The second-order valence-corrected chi connectivity index (χ2v) is 5.00. The molecule has 0 radical (unpaired) electrons. The Balaban J connectivity index is 1.86. The number of ether oxygens (including phenoxy) is 1. The average molecular weight is 253 g/mol. The zero-order valence-corrected chi connectivity index (χ0v) is 11.2. The molecule has 0 spiro atoms. The number of aryl methyl sites for hydroxylation is 1. The van der Waals surface area contributed by atoms with Crippen LogP contribution in [0.15, 0.2) is 12.4 Å². The number of aliphatic hydroxyl groups is 1. The minimum Gasteiger partial charge on any atom is -0.390 e. The van der Waals surface area contributed by atoms with Crippen molar-refractivity contribution in [3.8, 4) is 0 Å². The van der Waals surface area contributed by atoms with E-state index in [0.717, 1.165) is 38.2 Å². The summed E-state index contributed by atoms with van der Waals surface area (Å²) in [5, 5.41) is 14.3. The molecule has 5 heteroatoms. The van der Waals surface area contributed by atoms with Crippen LogP contribution in [0.25, 0.3) is 0 Å². The van der Waals surface area contributed by atoms with E-state index in [0.29, 0.717) is 6.42 Å². The molecule has 1 saturated heterocycles. The van der Waals surface area contributed by atoms with E-state index in [4.69, 9.17) is 4.74 Å². The standard InChI is InChI=1S/C13H23N3O2/c1-3-4-16-5-6-18-13(10-16)12(17)7-11-8-14-15(2)9-11/h8-9,12-13,17H,3-7,10H2,1-2H3. The predicted octanol–water partition coefficient (Wildman–Crippen LogP) is 0.434. The number of rotatable bonds is 5. The molecule has 2 heterocycles. The molecule has 0 saturated carbocycles. The number of aromatic nitrogens is 2. The number of morpholine rings is 1. The summed E-state index contributed by atoms with van der Waals surface area (Å²) >= 11 is 0. The molecule has 0 amide bonds. The highest BCUT2D eigenvalue weighted by Crippen LogP contribution is 2.13. The van der Waals surface area contributed by atoms with Gasteiger partial charge in [-0.25, -0.2) is 0 Å². The van der Waals surface area contributed by atoms with Crippen molar-refractivity contribution < 1.29 is 9.84 Å². The molecule has 1 N–H and O–H groups in total. The molecule has 1 aromatic rings. The minimum absolute atomic E-state index is 0.0782. The quantitative estimate of drug-likeness (QED) is 0.827. The first-order valence-corrected chi connectivity index (χ1v) is 6.68. The van der Waals surface area contributed by atoms with Crippen molar-refractivity contribution >= 4 is 0 Å². The molecule has 1 aliphatic rings. The van der Waals surface area contributed by atoms with Crippen molar-refractivity contribution in [2.75, 3.05) is 26.2 Å². The number of nitrogens with zero attached hydrogens (tertiary/aromatic N) is 3. The monoisotopic (exact) mass is 253 g/mol. The Labute approximate surface area is 108 Å². The summed E-state index contributed by atoms with van der Waals surface area (Å²) in [6, 6.07) is 0. The lowest BCUT2D eigenvalue weighted by Crippen LogP contribution is -2.48. The highest BCUT2D eigenvalue weighted by molar-refractivity contribution is 5.06. The summed E-state index contributed by atoms with van der Waals surface area (Å²) in [7, 11) is 1.88. The Kier molecular flexibility index (Phi) is 4.74. The van der Waals surface area contributed by atoms with E-state index in [2.05, 4.69) is 16.9 Å². The van der Waals surface area contributed by atoms with E-state index in [1.54, 1.807) is 10.9 Å². The van der Waals surface area contributed by atoms with Crippen LogP contribution in [0.3, 0.4) is 0 Å². The fourth-order valence-electron chi connectivity index (χ4n) is 2.43. The molecule has 2 atom stereocenters. The molecular formula is C13H23N3O2. The smallest absolute Gasteiger partial charge is 0.0964 e. The second kappa shape index (κ2) is 6.31. The summed E-state index contributed by atoms with van der Waals surface area (Å²) < 4.78 is 7.43. The molecule has 1 fully saturated rings. The van der Waals surface area contributed by atoms with Gasteiger partial charge in [0.15, 0.2) is 0 Å². The molecule has 2 rings (SSSR count). The highest BCUT2D eigenvalue weighted by atomic mass is 16.5. The predicted molar refractivity (Wildman–Crippen MR) is 69.4 cm³/mol. The topological polar surface area (TPSA) is 50.5 Å². The van der Waals surface area contributed by atoms with Gasteiger partial charge in [-0.3, -0.25) is 9.58 Å². The van der Waals surface area contributed by atoms with Crippen LogP contribution in [-0.2, 0) is 18.2 Å². The summed E-state index contributed by atoms with van der Waals surface area (Å²) in [6.07, 6.45) is 4.97. The molecule has 0 aliphatic carbocycles. The fourth-order valence-corrected chi connectivity index (χ4v) is 2.43. The Hall–Kier alpha value is -0.910. The number of hydrogen-bond acceptors (Lipinski definition) is 4. The summed E-state index contributed by atoms with van der Waals surface area (Å²) in [5.41, 5.74) is 1.06. The Bertz CT molecular complexity index is 365. The maximum Gasteiger partial charge on any atom is 0.0964 e. The van der Waals surface area contributed by atoms with E-state index in [-0.39, 0.29) is 6.10 Å². The third kappa shape index (κ3) is 3.54. The fraction of sp³-hybridized carbons (Fsp3) is 0.769. The second-order valence-electron chi connectivity index (χ2n) is 5.00. The number of aliphatic hydroxyl groups excluding tert-OH is 1. The van der Waals surface area contributed by atoms with Gasteiger partial charge in [-0.15, -0.1) is 0 Å². The van der Waals surface area contributed by atoms with Crippen molar-refractivity contribution in [1.29, 1.82) is 0 Å². The van der Waals surface area contributed by atoms with Crippen LogP contribution in [0.5, 0.6) is 0 Å². The normalized spacial score (nSPS) is 23.2. The number of hydrogen-bond donors (Lipinski definition) is 1. The molecule has 2 unspecified atom stereocenters. The molecule has 1 aliphatic heterocycles. The molecule has 18 heavy (non-hydrogen) atoms. The Morgan fingerprint density at radius 1 is 1.61 bits per heavy atom. The van der Waals surface area contributed by atoms with Crippen molar-refractivity contribution in [2.45, 2.75) is 32.0 Å². The van der Waals surface area contributed by atoms with Crippen LogP contribution in [0, 0.1) is 0 Å². The third-order valence-electron chi connectivity index (χ3n) is 3.35. The Morgan fingerprint density at radius 2 is 2.44 bits per heavy atom. The molecule has 1 aromatic heterocycles. The lowest BCUT2D eigenvalue weighted by molar-refractivity contribution is -0.0877. The van der Waals surface area contributed by atoms with Crippen LogP contribution >= 0.6 is 0 Å². The van der Waals surface area contributed by atoms with E-state index in [1.807, 2.05) is 13.2 Å². The highest BCUT2D eigenvalue weighted by Gasteiger charge is 2.26. The van der Waals surface area contributed by atoms with Crippen molar-refractivity contribution in [2.24, 2.45) is 7.05 Å². The van der Waals surface area contributed by atoms with E-state index in [9.17, 15) is 5.11 Å². The summed E-state index contributed by atoms with van der Waals surface area (Å²) in [4.78, 5) is 2.36. The van der Waals surface area contributed by atoms with Crippen LogP contribution in [0.4, 0.5) is 0 Å². The first kappa shape index (κ1) is 13.5. The third-order valence-corrected chi connectivity index (χ3v) is 3.35. The van der Waals surface area contributed by atoms with Crippen LogP contribution in [0.1, 0.15) is 18.9 Å². The molecule has 102 valence electrons. The van der Waals surface area contributed by atoms with Gasteiger partial charge >= 0.3 is 0 Å². The van der Waals surface area contributed by atoms with Gasteiger partial charge in [0.05, 0.1) is 25.0 Å². The van der Waals surface area contributed by atoms with Gasteiger partial charge in [0.25, 0.3) is 0 Å². The van der Waals surface area contributed by atoms with E-state index < -0.39 is 6.10 Å². The zero-order chi connectivity index (χ0) is 13.0.